The summed E-state index contributed by atoms with van der Waals surface area (Å²) in [6.07, 6.45) is 10.2. The first-order chi connectivity index (χ1) is 13.7. The average molecular weight is 409 g/mol. The zero-order valence-corrected chi connectivity index (χ0v) is 18.4. The molecule has 0 spiro atoms. The van der Waals surface area contributed by atoms with Gasteiger partial charge in [0, 0.05) is 12.3 Å². The van der Waals surface area contributed by atoms with Crippen LogP contribution in [0.4, 0.5) is 0 Å². The Labute approximate surface area is 174 Å². The summed E-state index contributed by atoms with van der Waals surface area (Å²) in [5.74, 6) is 2.32. The highest BCUT2D eigenvalue weighted by Crippen LogP contribution is 2.37. The van der Waals surface area contributed by atoms with Crippen molar-refractivity contribution < 1.29 is 14.3 Å². The van der Waals surface area contributed by atoms with Crippen molar-refractivity contribution in [1.29, 1.82) is 0 Å². The molecule has 0 bridgehead atoms. The first-order valence-corrected chi connectivity index (χ1v) is 11.6. The highest BCUT2D eigenvalue weighted by molar-refractivity contribution is 7.99. The highest BCUT2D eigenvalue weighted by Gasteiger charge is 2.30. The largest absolute Gasteiger partial charge is 0.493 e. The van der Waals surface area contributed by atoms with E-state index in [1.54, 1.807) is 26.0 Å². The van der Waals surface area contributed by atoms with Crippen molar-refractivity contribution >= 4 is 17.7 Å². The molecule has 5 nitrogen and oxygen atoms in total. The lowest BCUT2D eigenvalue weighted by molar-refractivity contribution is -0.122. The van der Waals surface area contributed by atoms with Crippen LogP contribution in [-0.4, -0.2) is 38.5 Å². The Bertz CT molecular complexity index is 597. The number of amides is 1. The SMILES string of the molecule is CCCCCCCCCCNC(=O)C1CSC(c2ccc(OC)c(OC)c2)N1. The molecule has 1 aliphatic rings. The molecule has 28 heavy (non-hydrogen) atoms. The molecule has 6 heteroatoms. The van der Waals surface area contributed by atoms with Crippen molar-refractivity contribution in [2.24, 2.45) is 0 Å². The molecule has 1 heterocycles. The minimum Gasteiger partial charge on any atom is -0.493 e. The molecule has 1 aromatic carbocycles. The zero-order valence-electron chi connectivity index (χ0n) is 17.6. The Balaban J connectivity index is 1.66. The fraction of sp³-hybridized carbons (Fsp3) is 0.682. The molecule has 1 amide bonds. The summed E-state index contributed by atoms with van der Waals surface area (Å²) in [6.45, 7) is 3.02. The van der Waals surface area contributed by atoms with Gasteiger partial charge in [-0.3, -0.25) is 10.1 Å². The van der Waals surface area contributed by atoms with Crippen LogP contribution < -0.4 is 20.1 Å². The standard InChI is InChI=1S/C22H36N2O3S/c1-4-5-6-7-8-9-10-11-14-23-21(25)18-16-28-22(24-18)17-12-13-19(26-2)20(15-17)27-3/h12-13,15,18,22,24H,4-11,14,16H2,1-3H3,(H,23,25). The maximum absolute atomic E-state index is 12.4. The fourth-order valence-electron chi connectivity index (χ4n) is 3.42. The topological polar surface area (TPSA) is 59.6 Å². The third-order valence-electron chi connectivity index (χ3n) is 5.14. The predicted molar refractivity (Wildman–Crippen MR) is 117 cm³/mol. The predicted octanol–water partition coefficient (Wildman–Crippen LogP) is 4.66. The first kappa shape index (κ1) is 22.9. The molecule has 158 valence electrons. The number of methoxy groups -OCH3 is 2. The number of hydrogen-bond acceptors (Lipinski definition) is 5. The van der Waals surface area contributed by atoms with Crippen LogP contribution in [0.2, 0.25) is 0 Å². The van der Waals surface area contributed by atoms with Crippen LogP contribution in [0.5, 0.6) is 11.5 Å². The van der Waals surface area contributed by atoms with Gasteiger partial charge in [-0.2, -0.15) is 0 Å². The molecule has 0 radical (unpaired) electrons. The molecule has 2 atom stereocenters. The van der Waals surface area contributed by atoms with Crippen LogP contribution in [0.1, 0.15) is 69.2 Å². The van der Waals surface area contributed by atoms with Crippen LogP contribution >= 0.6 is 11.8 Å². The Morgan fingerprint density at radius 2 is 1.75 bits per heavy atom. The van der Waals surface area contributed by atoms with E-state index in [0.29, 0.717) is 11.5 Å². The lowest BCUT2D eigenvalue weighted by Gasteiger charge is -2.15. The molecule has 0 aliphatic carbocycles. The molecule has 0 saturated carbocycles. The van der Waals surface area contributed by atoms with Crippen LogP contribution in [0, 0.1) is 0 Å². The monoisotopic (exact) mass is 408 g/mol. The Morgan fingerprint density at radius 1 is 1.07 bits per heavy atom. The van der Waals surface area contributed by atoms with Crippen molar-refractivity contribution in [3.05, 3.63) is 23.8 Å². The quantitative estimate of drug-likeness (QED) is 0.465. The Morgan fingerprint density at radius 3 is 2.43 bits per heavy atom. The van der Waals surface area contributed by atoms with Crippen molar-refractivity contribution in [2.75, 3.05) is 26.5 Å². The summed E-state index contributed by atoms with van der Waals surface area (Å²) in [6, 6.07) is 5.76. The summed E-state index contributed by atoms with van der Waals surface area (Å²) in [5, 5.41) is 6.62. The van der Waals surface area contributed by atoms with Gasteiger partial charge in [-0.05, 0) is 24.1 Å². The van der Waals surface area contributed by atoms with Gasteiger partial charge in [0.15, 0.2) is 11.5 Å². The van der Waals surface area contributed by atoms with Crippen LogP contribution in [-0.2, 0) is 4.79 Å². The number of thioether (sulfide) groups is 1. The van der Waals surface area contributed by atoms with E-state index in [0.717, 1.165) is 24.3 Å². The second kappa shape index (κ2) is 12.9. The van der Waals surface area contributed by atoms with E-state index in [1.165, 1.54) is 44.9 Å². The molecule has 2 N–H and O–H groups in total. The number of unbranched alkanes of at least 4 members (excludes halogenated alkanes) is 7. The van der Waals surface area contributed by atoms with Gasteiger partial charge < -0.3 is 14.8 Å². The first-order valence-electron chi connectivity index (χ1n) is 10.6. The molecular weight excluding hydrogens is 372 g/mol. The summed E-state index contributed by atoms with van der Waals surface area (Å²) >= 11 is 1.75. The van der Waals surface area contributed by atoms with E-state index in [-0.39, 0.29) is 17.3 Å². The van der Waals surface area contributed by atoms with Gasteiger partial charge in [0.05, 0.1) is 25.6 Å². The van der Waals surface area contributed by atoms with Crippen molar-refractivity contribution in [2.45, 2.75) is 69.7 Å². The Hall–Kier alpha value is -1.40. The number of hydrogen-bond donors (Lipinski definition) is 2. The van der Waals surface area contributed by atoms with E-state index >= 15 is 0 Å². The summed E-state index contributed by atoms with van der Waals surface area (Å²) < 4.78 is 10.7. The normalized spacial score (nSPS) is 18.8. The minimum atomic E-state index is -0.142. The van der Waals surface area contributed by atoms with Crippen LogP contribution in [0.3, 0.4) is 0 Å². The lowest BCUT2D eigenvalue weighted by atomic mass is 10.1. The molecule has 1 aromatic rings. The molecule has 2 rings (SSSR count). The number of ether oxygens (including phenoxy) is 2. The van der Waals surface area contributed by atoms with E-state index < -0.39 is 0 Å². The second-order valence-electron chi connectivity index (χ2n) is 7.31. The van der Waals surface area contributed by atoms with E-state index in [4.69, 9.17) is 9.47 Å². The number of carbonyl (C=O) groups excluding carboxylic acids is 1. The smallest absolute Gasteiger partial charge is 0.238 e. The van der Waals surface area contributed by atoms with E-state index in [9.17, 15) is 4.79 Å². The highest BCUT2D eigenvalue weighted by atomic mass is 32.2. The van der Waals surface area contributed by atoms with Gasteiger partial charge in [-0.15, -0.1) is 11.8 Å². The van der Waals surface area contributed by atoms with Crippen molar-refractivity contribution in [1.82, 2.24) is 10.6 Å². The molecular formula is C22H36N2O3S. The molecule has 2 unspecified atom stereocenters. The molecule has 1 aliphatic heterocycles. The maximum Gasteiger partial charge on any atom is 0.238 e. The third kappa shape index (κ3) is 7.21. The van der Waals surface area contributed by atoms with Gasteiger partial charge in [0.25, 0.3) is 0 Å². The van der Waals surface area contributed by atoms with Gasteiger partial charge in [-0.25, -0.2) is 0 Å². The van der Waals surface area contributed by atoms with Crippen LogP contribution in [0.25, 0.3) is 0 Å². The van der Waals surface area contributed by atoms with E-state index in [1.807, 2.05) is 18.2 Å². The number of carbonyl (C=O) groups is 1. The summed E-state index contributed by atoms with van der Waals surface area (Å²) in [4.78, 5) is 12.4. The van der Waals surface area contributed by atoms with Crippen molar-refractivity contribution in [3.63, 3.8) is 0 Å². The number of nitrogens with one attached hydrogen (secondary N) is 2. The van der Waals surface area contributed by atoms with Gasteiger partial charge >= 0.3 is 0 Å². The molecule has 1 fully saturated rings. The summed E-state index contributed by atoms with van der Waals surface area (Å²) in [7, 11) is 3.27. The molecule has 0 aromatic heterocycles. The number of rotatable bonds is 13. The fourth-order valence-corrected chi connectivity index (χ4v) is 4.66. The van der Waals surface area contributed by atoms with Gasteiger partial charge in [0.2, 0.25) is 5.91 Å². The van der Waals surface area contributed by atoms with Gasteiger partial charge in [0.1, 0.15) is 0 Å². The maximum atomic E-state index is 12.4. The molecule has 1 saturated heterocycles. The number of benzene rings is 1. The van der Waals surface area contributed by atoms with E-state index in [2.05, 4.69) is 17.6 Å². The van der Waals surface area contributed by atoms with Crippen LogP contribution in [0.15, 0.2) is 18.2 Å². The third-order valence-corrected chi connectivity index (χ3v) is 6.41. The second-order valence-corrected chi connectivity index (χ2v) is 8.45. The summed E-state index contributed by atoms with van der Waals surface area (Å²) in [5.41, 5.74) is 1.10. The lowest BCUT2D eigenvalue weighted by Crippen LogP contribution is -2.42. The zero-order chi connectivity index (χ0) is 20.2. The Kier molecular flexibility index (Phi) is 10.6. The van der Waals surface area contributed by atoms with Crippen molar-refractivity contribution in [3.8, 4) is 11.5 Å². The van der Waals surface area contributed by atoms with Gasteiger partial charge in [-0.1, -0.05) is 57.9 Å². The average Bonchev–Trinajstić information content (AvgIpc) is 3.22. The minimum absolute atomic E-state index is 0.0960.